The average Bonchev–Trinajstić information content (AvgIpc) is 2.87. The molecule has 2 aromatic heterocycles. The number of pyridine rings is 1. The van der Waals surface area contributed by atoms with E-state index in [0.29, 0.717) is 17.4 Å². The Balaban J connectivity index is 2.11. The van der Waals surface area contributed by atoms with Crippen LogP contribution in [0.2, 0.25) is 0 Å². The highest BCUT2D eigenvalue weighted by molar-refractivity contribution is 6.03. The molecule has 0 aliphatic rings. The molecule has 1 atom stereocenters. The van der Waals surface area contributed by atoms with Crippen molar-refractivity contribution in [3.05, 3.63) is 45.5 Å². The zero-order chi connectivity index (χ0) is 15.4. The third kappa shape index (κ3) is 3.59. The molecule has 0 radical (unpaired) electrons. The van der Waals surface area contributed by atoms with E-state index < -0.39 is 11.5 Å². The van der Waals surface area contributed by atoms with Gasteiger partial charge in [-0.1, -0.05) is 20.3 Å². The fourth-order valence-electron chi connectivity index (χ4n) is 2.18. The predicted octanol–water partition coefficient (Wildman–Crippen LogP) is 2.56. The van der Waals surface area contributed by atoms with Crippen molar-refractivity contribution >= 4 is 11.7 Å². The first kappa shape index (κ1) is 15.0. The highest BCUT2D eigenvalue weighted by atomic mass is 16.2. The van der Waals surface area contributed by atoms with Crippen molar-refractivity contribution in [2.75, 3.05) is 5.32 Å². The van der Waals surface area contributed by atoms with Gasteiger partial charge in [-0.2, -0.15) is 5.10 Å². The molecule has 21 heavy (non-hydrogen) atoms. The second-order valence-electron chi connectivity index (χ2n) is 5.24. The van der Waals surface area contributed by atoms with Crippen molar-refractivity contribution in [1.82, 2.24) is 15.2 Å². The molecule has 0 aromatic carbocycles. The third-order valence-electron chi connectivity index (χ3n) is 3.39. The number of nitrogens with zero attached hydrogens (tertiary/aromatic N) is 1. The van der Waals surface area contributed by atoms with Crippen molar-refractivity contribution in [2.45, 2.75) is 39.5 Å². The van der Waals surface area contributed by atoms with Gasteiger partial charge in [-0.15, -0.1) is 0 Å². The van der Waals surface area contributed by atoms with Gasteiger partial charge in [-0.3, -0.25) is 14.7 Å². The summed E-state index contributed by atoms with van der Waals surface area (Å²) >= 11 is 0. The van der Waals surface area contributed by atoms with Crippen LogP contribution in [0.4, 0.5) is 5.82 Å². The summed E-state index contributed by atoms with van der Waals surface area (Å²) in [6.45, 7) is 5.99. The maximum atomic E-state index is 12.1. The van der Waals surface area contributed by atoms with Gasteiger partial charge < -0.3 is 10.3 Å². The second kappa shape index (κ2) is 6.39. The zero-order valence-electron chi connectivity index (χ0n) is 12.5. The molecule has 0 aliphatic carbocycles. The lowest BCUT2D eigenvalue weighted by Crippen LogP contribution is -2.23. The van der Waals surface area contributed by atoms with Crippen LogP contribution in [-0.4, -0.2) is 21.1 Å². The molecule has 0 aliphatic heterocycles. The van der Waals surface area contributed by atoms with Crippen LogP contribution in [0, 0.1) is 6.92 Å². The Morgan fingerprint density at radius 3 is 2.86 bits per heavy atom. The highest BCUT2D eigenvalue weighted by Gasteiger charge is 2.14. The summed E-state index contributed by atoms with van der Waals surface area (Å²) in [5.74, 6) is 0.325. The third-order valence-corrected chi connectivity index (χ3v) is 3.39. The van der Waals surface area contributed by atoms with Gasteiger partial charge in [0.25, 0.3) is 11.5 Å². The van der Waals surface area contributed by atoms with Crippen LogP contribution in [0.25, 0.3) is 0 Å². The summed E-state index contributed by atoms with van der Waals surface area (Å²) in [6, 6.07) is 5.01. The second-order valence-corrected chi connectivity index (χ2v) is 5.24. The van der Waals surface area contributed by atoms with Gasteiger partial charge in [0.1, 0.15) is 5.56 Å². The van der Waals surface area contributed by atoms with Gasteiger partial charge in [-0.05, 0) is 31.4 Å². The summed E-state index contributed by atoms with van der Waals surface area (Å²) in [6.07, 6.45) is 2.13. The summed E-state index contributed by atoms with van der Waals surface area (Å²) < 4.78 is 0. The number of H-pyrrole nitrogens is 2. The minimum absolute atomic E-state index is 0.0757. The van der Waals surface area contributed by atoms with Crippen molar-refractivity contribution in [3.63, 3.8) is 0 Å². The van der Waals surface area contributed by atoms with E-state index >= 15 is 0 Å². The number of rotatable bonds is 5. The minimum atomic E-state index is -0.461. The number of hydrogen-bond donors (Lipinski definition) is 3. The number of aromatic amines is 2. The molecule has 0 fully saturated rings. The van der Waals surface area contributed by atoms with Crippen molar-refractivity contribution in [1.29, 1.82) is 0 Å². The molecule has 112 valence electrons. The van der Waals surface area contributed by atoms with Gasteiger partial charge in [0.2, 0.25) is 0 Å². The quantitative estimate of drug-likeness (QED) is 0.789. The summed E-state index contributed by atoms with van der Waals surface area (Å²) in [5, 5.41) is 9.62. The molecule has 6 heteroatoms. The van der Waals surface area contributed by atoms with E-state index in [9.17, 15) is 9.59 Å². The number of carbonyl (C=O) groups excluding carboxylic acids is 1. The molecule has 0 saturated heterocycles. The van der Waals surface area contributed by atoms with Gasteiger partial charge in [-0.25, -0.2) is 0 Å². The number of anilines is 1. The SMILES string of the molecule is CCC[C@@H](C)c1cc(NC(=O)c2ccc(C)[nH]c2=O)n[nH]1. The summed E-state index contributed by atoms with van der Waals surface area (Å²) in [4.78, 5) is 26.4. The fourth-order valence-corrected chi connectivity index (χ4v) is 2.18. The molecule has 0 saturated carbocycles. The summed E-state index contributed by atoms with van der Waals surface area (Å²) in [5.41, 5.74) is 1.37. The first-order valence-electron chi connectivity index (χ1n) is 7.07. The molecule has 2 aromatic rings. The number of carbonyl (C=O) groups is 1. The standard InChI is InChI=1S/C15H20N4O2/c1-4-5-9(2)12-8-13(19-18-12)17-15(21)11-7-6-10(3)16-14(11)20/h6-9H,4-5H2,1-3H3,(H,16,20)(H2,17,18,19,21)/t9-/m1/s1. The van der Waals surface area contributed by atoms with Gasteiger partial charge >= 0.3 is 0 Å². The van der Waals surface area contributed by atoms with Crippen LogP contribution < -0.4 is 10.9 Å². The van der Waals surface area contributed by atoms with E-state index in [0.717, 1.165) is 18.5 Å². The van der Waals surface area contributed by atoms with Gasteiger partial charge in [0, 0.05) is 17.5 Å². The molecule has 0 unspecified atom stereocenters. The van der Waals surface area contributed by atoms with E-state index in [4.69, 9.17) is 0 Å². The van der Waals surface area contributed by atoms with Crippen molar-refractivity contribution in [3.8, 4) is 0 Å². The number of aryl methyl sites for hydroxylation is 1. The van der Waals surface area contributed by atoms with E-state index in [1.807, 2.05) is 0 Å². The van der Waals surface area contributed by atoms with E-state index in [-0.39, 0.29) is 5.56 Å². The predicted molar refractivity (Wildman–Crippen MR) is 81.7 cm³/mol. The molecule has 6 nitrogen and oxygen atoms in total. The number of hydrogen-bond acceptors (Lipinski definition) is 3. The zero-order valence-corrected chi connectivity index (χ0v) is 12.5. The van der Waals surface area contributed by atoms with Crippen LogP contribution in [0.1, 0.15) is 54.4 Å². The van der Waals surface area contributed by atoms with Gasteiger partial charge in [0.15, 0.2) is 5.82 Å². The van der Waals surface area contributed by atoms with E-state index in [1.54, 1.807) is 19.1 Å². The highest BCUT2D eigenvalue weighted by Crippen LogP contribution is 2.20. The van der Waals surface area contributed by atoms with Crippen LogP contribution >= 0.6 is 0 Å². The fraction of sp³-hybridized carbons (Fsp3) is 0.400. The molecule has 2 heterocycles. The van der Waals surface area contributed by atoms with E-state index in [1.165, 1.54) is 6.07 Å². The maximum absolute atomic E-state index is 12.1. The van der Waals surface area contributed by atoms with Crippen molar-refractivity contribution in [2.24, 2.45) is 0 Å². The first-order chi connectivity index (χ1) is 10.0. The number of aromatic nitrogens is 3. The Labute approximate surface area is 123 Å². The Morgan fingerprint density at radius 1 is 1.43 bits per heavy atom. The Bertz CT molecular complexity index is 687. The smallest absolute Gasteiger partial charge is 0.262 e. The average molecular weight is 288 g/mol. The first-order valence-corrected chi connectivity index (χ1v) is 7.07. The Morgan fingerprint density at radius 2 is 2.19 bits per heavy atom. The van der Waals surface area contributed by atoms with Crippen LogP contribution in [-0.2, 0) is 0 Å². The lowest BCUT2D eigenvalue weighted by Gasteiger charge is -2.05. The molecular formula is C15H20N4O2. The normalized spacial score (nSPS) is 12.1. The van der Waals surface area contributed by atoms with Crippen LogP contribution in [0.5, 0.6) is 0 Å². The largest absolute Gasteiger partial charge is 0.326 e. The molecule has 2 rings (SSSR count). The number of amides is 1. The molecule has 0 spiro atoms. The number of nitrogens with one attached hydrogen (secondary N) is 3. The molecule has 3 N–H and O–H groups in total. The lowest BCUT2D eigenvalue weighted by atomic mass is 10.0. The Hall–Kier alpha value is -2.37. The maximum Gasteiger partial charge on any atom is 0.262 e. The Kier molecular flexibility index (Phi) is 4.57. The van der Waals surface area contributed by atoms with Crippen LogP contribution in [0.3, 0.4) is 0 Å². The molecular weight excluding hydrogens is 268 g/mol. The summed E-state index contributed by atoms with van der Waals surface area (Å²) in [7, 11) is 0. The van der Waals surface area contributed by atoms with Crippen molar-refractivity contribution < 1.29 is 4.79 Å². The topological polar surface area (TPSA) is 90.6 Å². The lowest BCUT2D eigenvalue weighted by molar-refractivity contribution is 0.102. The monoisotopic (exact) mass is 288 g/mol. The molecule has 0 bridgehead atoms. The van der Waals surface area contributed by atoms with Gasteiger partial charge in [0.05, 0.1) is 0 Å². The molecule has 1 amide bonds. The minimum Gasteiger partial charge on any atom is -0.326 e. The van der Waals surface area contributed by atoms with E-state index in [2.05, 4.69) is 34.3 Å². The van der Waals surface area contributed by atoms with Crippen LogP contribution in [0.15, 0.2) is 23.0 Å².